The Hall–Kier alpha value is -2.13. The third-order valence-electron chi connectivity index (χ3n) is 5.25. The van der Waals surface area contributed by atoms with E-state index in [0.717, 1.165) is 28.8 Å². The molecule has 2 aromatic carbocycles. The molecule has 3 nitrogen and oxygen atoms in total. The number of benzene rings is 2. The lowest BCUT2D eigenvalue weighted by atomic mass is 9.85. The van der Waals surface area contributed by atoms with E-state index < -0.39 is 6.10 Å². The molecule has 3 heteroatoms. The van der Waals surface area contributed by atoms with Crippen LogP contribution in [0, 0.1) is 5.92 Å². The molecule has 1 atom stereocenters. The smallest absolute Gasteiger partial charge is 0.253 e. The first-order chi connectivity index (χ1) is 12.1. The molecule has 0 aromatic heterocycles. The average Bonchev–Trinajstić information content (AvgIpc) is 2.63. The van der Waals surface area contributed by atoms with Gasteiger partial charge in [0.1, 0.15) is 0 Å². The van der Waals surface area contributed by atoms with E-state index in [1.54, 1.807) is 0 Å². The van der Waals surface area contributed by atoms with E-state index in [2.05, 4.69) is 0 Å². The monoisotopic (exact) mass is 337 g/mol. The number of aliphatic hydroxyl groups excluding tert-OH is 1. The Bertz CT molecular complexity index is 702. The molecule has 1 amide bonds. The minimum absolute atomic E-state index is 0.0971. The molecular weight excluding hydrogens is 310 g/mol. The van der Waals surface area contributed by atoms with Crippen molar-refractivity contribution in [2.45, 2.75) is 38.7 Å². The van der Waals surface area contributed by atoms with E-state index in [9.17, 15) is 9.90 Å². The molecule has 0 heterocycles. The summed E-state index contributed by atoms with van der Waals surface area (Å²) in [6.07, 6.45) is 4.11. The Morgan fingerprint density at radius 3 is 2.12 bits per heavy atom. The van der Waals surface area contributed by atoms with E-state index in [4.69, 9.17) is 0 Å². The van der Waals surface area contributed by atoms with Crippen molar-refractivity contribution in [3.63, 3.8) is 0 Å². The van der Waals surface area contributed by atoms with Crippen molar-refractivity contribution in [1.29, 1.82) is 0 Å². The maximum Gasteiger partial charge on any atom is 0.253 e. The van der Waals surface area contributed by atoms with Crippen molar-refractivity contribution in [2.75, 3.05) is 13.6 Å². The van der Waals surface area contributed by atoms with Crippen LogP contribution in [-0.4, -0.2) is 29.5 Å². The number of hydrogen-bond donors (Lipinski definition) is 1. The first-order valence-electron chi connectivity index (χ1n) is 9.22. The summed E-state index contributed by atoms with van der Waals surface area (Å²) in [5.74, 6) is 0.782. The molecule has 1 unspecified atom stereocenters. The van der Waals surface area contributed by atoms with Crippen molar-refractivity contribution in [3.05, 3.63) is 59.7 Å². The SMILES string of the molecule is CCC(O)c1ccc(-c2ccc(C(=O)N(C)CC3CCC3)cc2)cc1. The molecule has 0 radical (unpaired) electrons. The number of carbonyl (C=O) groups excluding carboxylic acids is 1. The summed E-state index contributed by atoms with van der Waals surface area (Å²) in [4.78, 5) is 14.4. The third kappa shape index (κ3) is 4.10. The topological polar surface area (TPSA) is 40.5 Å². The van der Waals surface area contributed by atoms with Gasteiger partial charge >= 0.3 is 0 Å². The Morgan fingerprint density at radius 1 is 1.08 bits per heavy atom. The average molecular weight is 337 g/mol. The van der Waals surface area contributed by atoms with E-state index in [1.807, 2.05) is 67.4 Å². The lowest BCUT2D eigenvalue weighted by Crippen LogP contribution is -2.34. The quantitative estimate of drug-likeness (QED) is 0.832. The molecule has 0 spiro atoms. The number of carbonyl (C=O) groups is 1. The lowest BCUT2D eigenvalue weighted by molar-refractivity contribution is 0.0745. The molecule has 25 heavy (non-hydrogen) atoms. The third-order valence-corrected chi connectivity index (χ3v) is 5.25. The predicted octanol–water partition coefficient (Wildman–Crippen LogP) is 4.67. The van der Waals surface area contributed by atoms with Crippen molar-refractivity contribution in [3.8, 4) is 11.1 Å². The van der Waals surface area contributed by atoms with Gasteiger partial charge in [0.25, 0.3) is 5.91 Å². The van der Waals surface area contributed by atoms with Crippen molar-refractivity contribution in [2.24, 2.45) is 5.92 Å². The summed E-state index contributed by atoms with van der Waals surface area (Å²) in [6, 6.07) is 15.8. The van der Waals surface area contributed by atoms with Gasteiger partial charge in [-0.05, 0) is 54.0 Å². The molecule has 1 fully saturated rings. The lowest BCUT2D eigenvalue weighted by Gasteiger charge is -2.30. The van der Waals surface area contributed by atoms with Crippen LogP contribution in [0.5, 0.6) is 0 Å². The van der Waals surface area contributed by atoms with Crippen LogP contribution in [-0.2, 0) is 0 Å². The molecule has 132 valence electrons. The summed E-state index contributed by atoms with van der Waals surface area (Å²) in [5.41, 5.74) is 3.85. The summed E-state index contributed by atoms with van der Waals surface area (Å²) in [6.45, 7) is 2.83. The minimum atomic E-state index is -0.403. The number of aliphatic hydroxyl groups is 1. The zero-order valence-electron chi connectivity index (χ0n) is 15.1. The molecule has 1 saturated carbocycles. The van der Waals surface area contributed by atoms with Crippen molar-refractivity contribution >= 4 is 5.91 Å². The second-order valence-corrected chi connectivity index (χ2v) is 7.11. The highest BCUT2D eigenvalue weighted by molar-refractivity contribution is 5.94. The van der Waals surface area contributed by atoms with Gasteiger partial charge in [0.05, 0.1) is 6.10 Å². The van der Waals surface area contributed by atoms with E-state index in [1.165, 1.54) is 19.3 Å². The molecule has 2 aromatic rings. The fourth-order valence-corrected chi connectivity index (χ4v) is 3.30. The normalized spacial score (nSPS) is 15.5. The molecule has 0 saturated heterocycles. The summed E-state index contributed by atoms with van der Waals surface area (Å²) in [5, 5.41) is 9.88. The standard InChI is InChI=1S/C22H27NO2/c1-3-21(24)19-11-7-17(8-12-19)18-9-13-20(14-10-18)22(25)23(2)15-16-5-4-6-16/h7-14,16,21,24H,3-6,15H2,1-2H3. The van der Waals surface area contributed by atoms with Gasteiger partial charge in [-0.25, -0.2) is 0 Å². The van der Waals surface area contributed by atoms with Gasteiger partial charge in [-0.15, -0.1) is 0 Å². The van der Waals surface area contributed by atoms with Gasteiger partial charge in [-0.2, -0.15) is 0 Å². The zero-order chi connectivity index (χ0) is 17.8. The highest BCUT2D eigenvalue weighted by Gasteiger charge is 2.22. The van der Waals surface area contributed by atoms with Crippen molar-refractivity contribution < 1.29 is 9.90 Å². The Kier molecular flexibility index (Phi) is 5.54. The molecule has 1 aliphatic rings. The van der Waals surface area contributed by atoms with E-state index in [0.29, 0.717) is 12.3 Å². The molecule has 3 rings (SSSR count). The maximum absolute atomic E-state index is 12.5. The van der Waals surface area contributed by atoms with Gasteiger partial charge in [0.15, 0.2) is 0 Å². The first kappa shape index (κ1) is 17.7. The number of hydrogen-bond acceptors (Lipinski definition) is 2. The summed E-state index contributed by atoms with van der Waals surface area (Å²) < 4.78 is 0. The van der Waals surface area contributed by atoms with Crippen LogP contribution in [0.15, 0.2) is 48.5 Å². The maximum atomic E-state index is 12.5. The van der Waals surface area contributed by atoms with Crippen LogP contribution >= 0.6 is 0 Å². The molecule has 1 N–H and O–H groups in total. The van der Waals surface area contributed by atoms with Crippen LogP contribution in [0.4, 0.5) is 0 Å². The van der Waals surface area contributed by atoms with Crippen molar-refractivity contribution in [1.82, 2.24) is 4.90 Å². The predicted molar refractivity (Wildman–Crippen MR) is 101 cm³/mol. The van der Waals surface area contributed by atoms with Crippen LogP contribution in [0.3, 0.4) is 0 Å². The molecule has 0 aliphatic heterocycles. The minimum Gasteiger partial charge on any atom is -0.388 e. The van der Waals surface area contributed by atoms with Gasteiger partial charge in [0.2, 0.25) is 0 Å². The molecule has 0 bridgehead atoms. The number of amides is 1. The largest absolute Gasteiger partial charge is 0.388 e. The first-order valence-corrected chi connectivity index (χ1v) is 9.22. The van der Waals surface area contributed by atoms with Crippen LogP contribution < -0.4 is 0 Å². The fraction of sp³-hybridized carbons (Fsp3) is 0.409. The van der Waals surface area contributed by atoms with Gasteiger partial charge in [-0.3, -0.25) is 4.79 Å². The highest BCUT2D eigenvalue weighted by Crippen LogP contribution is 2.27. The zero-order valence-corrected chi connectivity index (χ0v) is 15.1. The van der Waals surface area contributed by atoms with Crippen LogP contribution in [0.1, 0.15) is 54.6 Å². The number of rotatable bonds is 6. The number of nitrogens with zero attached hydrogens (tertiary/aromatic N) is 1. The molecule has 1 aliphatic carbocycles. The summed E-state index contributed by atoms with van der Waals surface area (Å²) in [7, 11) is 1.90. The van der Waals surface area contributed by atoms with Crippen LogP contribution in [0.2, 0.25) is 0 Å². The van der Waals surface area contributed by atoms with Gasteiger partial charge < -0.3 is 10.0 Å². The van der Waals surface area contributed by atoms with E-state index >= 15 is 0 Å². The fourth-order valence-electron chi connectivity index (χ4n) is 3.30. The second kappa shape index (κ2) is 7.83. The highest BCUT2D eigenvalue weighted by atomic mass is 16.3. The Balaban J connectivity index is 1.67. The Morgan fingerprint density at radius 2 is 1.64 bits per heavy atom. The van der Waals surface area contributed by atoms with Crippen LogP contribution in [0.25, 0.3) is 11.1 Å². The summed E-state index contributed by atoms with van der Waals surface area (Å²) >= 11 is 0. The van der Waals surface area contributed by atoms with Gasteiger partial charge in [-0.1, -0.05) is 49.7 Å². The second-order valence-electron chi connectivity index (χ2n) is 7.11. The van der Waals surface area contributed by atoms with E-state index in [-0.39, 0.29) is 5.91 Å². The Labute approximate surface area is 150 Å². The van der Waals surface area contributed by atoms with Gasteiger partial charge in [0, 0.05) is 19.2 Å². The molecular formula is C22H27NO2.